The Balaban J connectivity index is 2.43. The standard InChI is InChI=1S/C14H21BrN2O2/c1-9(2)6-10(3)19-8-14(18)17-13-5-4-11(16)7-12(13)15/h4-5,7,9-10H,6,8,16H2,1-3H3,(H,17,18). The van der Waals surface area contributed by atoms with Crippen LogP contribution in [0.15, 0.2) is 22.7 Å². The number of nitrogens with one attached hydrogen (secondary N) is 1. The number of benzene rings is 1. The SMILES string of the molecule is CC(C)CC(C)OCC(=O)Nc1ccc(N)cc1Br. The molecule has 0 spiro atoms. The number of carbonyl (C=O) groups excluding carboxylic acids is 1. The van der Waals surface area contributed by atoms with E-state index in [1.165, 1.54) is 0 Å². The molecule has 1 amide bonds. The average molecular weight is 329 g/mol. The van der Waals surface area contributed by atoms with Crippen molar-refractivity contribution >= 4 is 33.2 Å². The van der Waals surface area contributed by atoms with Gasteiger partial charge in [-0.25, -0.2) is 0 Å². The van der Waals surface area contributed by atoms with E-state index < -0.39 is 0 Å². The Bertz CT molecular complexity index is 435. The minimum atomic E-state index is -0.166. The van der Waals surface area contributed by atoms with Gasteiger partial charge in [0.2, 0.25) is 5.91 Å². The van der Waals surface area contributed by atoms with E-state index >= 15 is 0 Å². The molecule has 106 valence electrons. The number of ether oxygens (including phenoxy) is 1. The first-order chi connectivity index (χ1) is 8.88. The summed E-state index contributed by atoms with van der Waals surface area (Å²) in [7, 11) is 0. The maximum absolute atomic E-state index is 11.8. The van der Waals surface area contributed by atoms with E-state index in [0.717, 1.165) is 10.9 Å². The monoisotopic (exact) mass is 328 g/mol. The third kappa shape index (κ3) is 6.07. The van der Waals surface area contributed by atoms with Crippen molar-refractivity contribution in [1.82, 2.24) is 0 Å². The highest BCUT2D eigenvalue weighted by Crippen LogP contribution is 2.24. The summed E-state index contributed by atoms with van der Waals surface area (Å²) in [5.74, 6) is 0.394. The Kier molecular flexibility index (Phi) is 6.31. The second-order valence-corrected chi connectivity index (χ2v) is 5.89. The second kappa shape index (κ2) is 7.50. The Morgan fingerprint density at radius 1 is 1.42 bits per heavy atom. The number of anilines is 2. The first kappa shape index (κ1) is 16.0. The molecule has 1 atom stereocenters. The molecule has 1 unspecified atom stereocenters. The summed E-state index contributed by atoms with van der Waals surface area (Å²) in [4.78, 5) is 11.8. The molecule has 0 aliphatic heterocycles. The fraction of sp³-hybridized carbons (Fsp3) is 0.500. The molecule has 0 fully saturated rings. The summed E-state index contributed by atoms with van der Waals surface area (Å²) in [5, 5.41) is 2.78. The van der Waals surface area contributed by atoms with Gasteiger partial charge in [-0.2, -0.15) is 0 Å². The van der Waals surface area contributed by atoms with Gasteiger partial charge in [0, 0.05) is 10.2 Å². The number of rotatable bonds is 6. The molecule has 5 heteroatoms. The van der Waals surface area contributed by atoms with Gasteiger partial charge < -0.3 is 15.8 Å². The summed E-state index contributed by atoms with van der Waals surface area (Å²) in [6.45, 7) is 6.30. The molecule has 1 aromatic carbocycles. The molecular formula is C14H21BrN2O2. The highest BCUT2D eigenvalue weighted by molar-refractivity contribution is 9.10. The van der Waals surface area contributed by atoms with Crippen LogP contribution in [0.4, 0.5) is 11.4 Å². The first-order valence-corrected chi connectivity index (χ1v) is 7.14. The quantitative estimate of drug-likeness (QED) is 0.786. The lowest BCUT2D eigenvalue weighted by Crippen LogP contribution is -2.22. The Hall–Kier alpha value is -1.07. The molecule has 3 N–H and O–H groups in total. The smallest absolute Gasteiger partial charge is 0.250 e. The molecule has 0 bridgehead atoms. The van der Waals surface area contributed by atoms with Crippen molar-refractivity contribution in [2.24, 2.45) is 5.92 Å². The number of carbonyl (C=O) groups is 1. The zero-order chi connectivity index (χ0) is 14.4. The zero-order valence-electron chi connectivity index (χ0n) is 11.6. The average Bonchev–Trinajstić information content (AvgIpc) is 2.29. The van der Waals surface area contributed by atoms with Crippen LogP contribution in [0.3, 0.4) is 0 Å². The van der Waals surface area contributed by atoms with Gasteiger partial charge in [0.1, 0.15) is 6.61 Å². The van der Waals surface area contributed by atoms with Crippen LogP contribution in [-0.4, -0.2) is 18.6 Å². The van der Waals surface area contributed by atoms with Gasteiger partial charge in [0.15, 0.2) is 0 Å². The number of hydrogen-bond acceptors (Lipinski definition) is 3. The van der Waals surface area contributed by atoms with Crippen molar-refractivity contribution in [2.75, 3.05) is 17.7 Å². The van der Waals surface area contributed by atoms with Crippen molar-refractivity contribution in [3.8, 4) is 0 Å². The first-order valence-electron chi connectivity index (χ1n) is 6.35. The van der Waals surface area contributed by atoms with Gasteiger partial charge in [0.05, 0.1) is 11.8 Å². The van der Waals surface area contributed by atoms with Crippen molar-refractivity contribution in [1.29, 1.82) is 0 Å². The van der Waals surface area contributed by atoms with Crippen LogP contribution in [0, 0.1) is 5.92 Å². The largest absolute Gasteiger partial charge is 0.399 e. The van der Waals surface area contributed by atoms with E-state index in [2.05, 4.69) is 35.1 Å². The van der Waals surface area contributed by atoms with E-state index in [1.54, 1.807) is 18.2 Å². The molecule has 19 heavy (non-hydrogen) atoms. The van der Waals surface area contributed by atoms with Gasteiger partial charge in [0.25, 0.3) is 0 Å². The van der Waals surface area contributed by atoms with Gasteiger partial charge in [-0.1, -0.05) is 13.8 Å². The van der Waals surface area contributed by atoms with Crippen molar-refractivity contribution in [3.63, 3.8) is 0 Å². The highest BCUT2D eigenvalue weighted by atomic mass is 79.9. The predicted octanol–water partition coefficient (Wildman–Crippen LogP) is 3.42. The number of nitrogens with two attached hydrogens (primary N) is 1. The van der Waals surface area contributed by atoms with E-state index in [9.17, 15) is 4.79 Å². The summed E-state index contributed by atoms with van der Waals surface area (Å²) in [6, 6.07) is 5.25. The molecule has 0 radical (unpaired) electrons. The highest BCUT2D eigenvalue weighted by Gasteiger charge is 2.10. The Labute approximate surface area is 122 Å². The Morgan fingerprint density at radius 2 is 2.11 bits per heavy atom. The second-order valence-electron chi connectivity index (χ2n) is 5.04. The van der Waals surface area contributed by atoms with Gasteiger partial charge in [-0.05, 0) is 53.4 Å². The summed E-state index contributed by atoms with van der Waals surface area (Å²) in [6.07, 6.45) is 1.03. The maximum atomic E-state index is 11.8. The third-order valence-electron chi connectivity index (χ3n) is 2.57. The molecule has 0 saturated heterocycles. The fourth-order valence-corrected chi connectivity index (χ4v) is 2.26. The van der Waals surface area contributed by atoms with E-state index in [1.807, 2.05) is 6.92 Å². The van der Waals surface area contributed by atoms with Crippen LogP contribution in [0.5, 0.6) is 0 Å². The van der Waals surface area contributed by atoms with Crippen molar-refractivity contribution < 1.29 is 9.53 Å². The lowest BCUT2D eigenvalue weighted by molar-refractivity contribution is -0.122. The number of amides is 1. The summed E-state index contributed by atoms with van der Waals surface area (Å²) >= 11 is 3.35. The van der Waals surface area contributed by atoms with Gasteiger partial charge >= 0.3 is 0 Å². The molecule has 1 aromatic rings. The maximum Gasteiger partial charge on any atom is 0.250 e. The molecule has 0 aliphatic carbocycles. The Morgan fingerprint density at radius 3 is 2.68 bits per heavy atom. The van der Waals surface area contributed by atoms with Crippen molar-refractivity contribution in [2.45, 2.75) is 33.3 Å². The molecular weight excluding hydrogens is 308 g/mol. The number of nitrogen functional groups attached to an aromatic ring is 1. The van der Waals surface area contributed by atoms with Gasteiger partial charge in [-0.3, -0.25) is 4.79 Å². The number of halogens is 1. The third-order valence-corrected chi connectivity index (χ3v) is 3.23. The lowest BCUT2D eigenvalue weighted by atomic mass is 10.1. The minimum Gasteiger partial charge on any atom is -0.399 e. The van der Waals surface area contributed by atoms with E-state index in [-0.39, 0.29) is 18.6 Å². The molecule has 0 heterocycles. The topological polar surface area (TPSA) is 64.3 Å². The van der Waals surface area contributed by atoms with Crippen LogP contribution in [0.1, 0.15) is 27.2 Å². The van der Waals surface area contributed by atoms with E-state index in [4.69, 9.17) is 10.5 Å². The molecule has 4 nitrogen and oxygen atoms in total. The lowest BCUT2D eigenvalue weighted by Gasteiger charge is -2.15. The molecule has 0 saturated carbocycles. The van der Waals surface area contributed by atoms with Crippen LogP contribution in [0.25, 0.3) is 0 Å². The van der Waals surface area contributed by atoms with Crippen LogP contribution >= 0.6 is 15.9 Å². The van der Waals surface area contributed by atoms with Crippen LogP contribution in [0.2, 0.25) is 0 Å². The predicted molar refractivity (Wildman–Crippen MR) is 82.1 cm³/mol. The minimum absolute atomic E-state index is 0.0602. The van der Waals surface area contributed by atoms with E-state index in [0.29, 0.717) is 17.3 Å². The zero-order valence-corrected chi connectivity index (χ0v) is 13.2. The molecule has 0 aromatic heterocycles. The van der Waals surface area contributed by atoms with Gasteiger partial charge in [-0.15, -0.1) is 0 Å². The van der Waals surface area contributed by atoms with Crippen molar-refractivity contribution in [3.05, 3.63) is 22.7 Å². The summed E-state index contributed by atoms with van der Waals surface area (Å²) in [5.41, 5.74) is 6.97. The molecule has 0 aliphatic rings. The van der Waals surface area contributed by atoms with Crippen LogP contribution < -0.4 is 11.1 Å². The number of hydrogen-bond donors (Lipinski definition) is 2. The molecule has 1 rings (SSSR count). The normalized spacial score (nSPS) is 12.5. The summed E-state index contributed by atoms with van der Waals surface area (Å²) < 4.78 is 6.26. The fourth-order valence-electron chi connectivity index (χ4n) is 1.77. The van der Waals surface area contributed by atoms with Crippen LogP contribution in [-0.2, 0) is 9.53 Å².